The van der Waals surface area contributed by atoms with E-state index in [2.05, 4.69) is 0 Å². The fraction of sp³-hybridized carbons (Fsp3) is 0.833. The predicted octanol–water partition coefficient (Wildman–Crippen LogP) is 2.43. The van der Waals surface area contributed by atoms with E-state index in [1.807, 2.05) is 0 Å². The molecule has 0 aliphatic heterocycles. The van der Waals surface area contributed by atoms with Crippen LogP contribution >= 0.6 is 0 Å². The van der Waals surface area contributed by atoms with Crippen LogP contribution in [0.25, 0.3) is 0 Å². The SMILES string of the molecule is CN(CC(F)(F)F)C(=O)CC1(C(=O)O)CCCCC1. The fourth-order valence-corrected chi connectivity index (χ4v) is 2.48. The first-order valence-electron chi connectivity index (χ1n) is 6.20. The molecule has 1 N–H and O–H groups in total. The summed E-state index contributed by atoms with van der Waals surface area (Å²) in [4.78, 5) is 23.6. The van der Waals surface area contributed by atoms with E-state index in [1.165, 1.54) is 0 Å². The molecule has 1 aliphatic rings. The van der Waals surface area contributed by atoms with E-state index in [1.54, 1.807) is 0 Å². The molecule has 0 heterocycles. The van der Waals surface area contributed by atoms with Crippen LogP contribution in [0.15, 0.2) is 0 Å². The smallest absolute Gasteiger partial charge is 0.406 e. The van der Waals surface area contributed by atoms with Crippen molar-refractivity contribution >= 4 is 11.9 Å². The van der Waals surface area contributed by atoms with E-state index < -0.39 is 30.0 Å². The van der Waals surface area contributed by atoms with Crippen LogP contribution in [-0.4, -0.2) is 41.7 Å². The lowest BCUT2D eigenvalue weighted by Gasteiger charge is -2.34. The summed E-state index contributed by atoms with van der Waals surface area (Å²) in [6.07, 6.45) is -1.81. The number of hydrogen-bond donors (Lipinski definition) is 1. The van der Waals surface area contributed by atoms with Gasteiger partial charge < -0.3 is 10.0 Å². The highest BCUT2D eigenvalue weighted by Gasteiger charge is 2.43. The Morgan fingerprint density at radius 2 is 1.74 bits per heavy atom. The van der Waals surface area contributed by atoms with Crippen LogP contribution < -0.4 is 0 Å². The maximum Gasteiger partial charge on any atom is 0.406 e. The summed E-state index contributed by atoms with van der Waals surface area (Å²) in [6, 6.07) is 0. The molecule has 4 nitrogen and oxygen atoms in total. The maximum absolute atomic E-state index is 12.2. The van der Waals surface area contributed by atoms with Gasteiger partial charge in [-0.2, -0.15) is 13.2 Å². The zero-order valence-corrected chi connectivity index (χ0v) is 10.8. The summed E-state index contributed by atoms with van der Waals surface area (Å²) >= 11 is 0. The van der Waals surface area contributed by atoms with Crippen LogP contribution in [0.4, 0.5) is 13.2 Å². The van der Waals surface area contributed by atoms with Gasteiger partial charge in [-0.25, -0.2) is 0 Å². The summed E-state index contributed by atoms with van der Waals surface area (Å²) in [5, 5.41) is 9.26. The zero-order chi connectivity index (χ0) is 14.7. The van der Waals surface area contributed by atoms with Crippen molar-refractivity contribution in [3.63, 3.8) is 0 Å². The van der Waals surface area contributed by atoms with Crippen molar-refractivity contribution in [2.24, 2.45) is 5.41 Å². The molecule has 7 heteroatoms. The number of carbonyl (C=O) groups excluding carboxylic acids is 1. The van der Waals surface area contributed by atoms with E-state index in [0.29, 0.717) is 30.6 Å². The number of carboxylic acid groups (broad SMARTS) is 1. The number of aliphatic carboxylic acids is 1. The average Bonchev–Trinajstić information content (AvgIpc) is 2.27. The predicted molar refractivity (Wildman–Crippen MR) is 61.5 cm³/mol. The summed E-state index contributed by atoms with van der Waals surface area (Å²) in [5.74, 6) is -1.84. The molecule has 0 saturated heterocycles. The van der Waals surface area contributed by atoms with Crippen LogP contribution in [0.2, 0.25) is 0 Å². The lowest BCUT2D eigenvalue weighted by Crippen LogP contribution is -2.42. The number of rotatable bonds is 4. The minimum absolute atomic E-state index is 0.352. The molecule has 0 bridgehead atoms. The van der Waals surface area contributed by atoms with Crippen molar-refractivity contribution in [1.29, 1.82) is 0 Å². The first-order valence-corrected chi connectivity index (χ1v) is 6.20. The molecule has 0 atom stereocenters. The van der Waals surface area contributed by atoms with Gasteiger partial charge in [0.2, 0.25) is 5.91 Å². The van der Waals surface area contributed by atoms with Crippen LogP contribution in [0.3, 0.4) is 0 Å². The molecule has 0 spiro atoms. The largest absolute Gasteiger partial charge is 0.481 e. The maximum atomic E-state index is 12.2. The van der Waals surface area contributed by atoms with Gasteiger partial charge in [0, 0.05) is 13.5 Å². The molecule has 0 radical (unpaired) electrons. The molecule has 1 rings (SSSR count). The summed E-state index contributed by atoms with van der Waals surface area (Å²) < 4.78 is 36.6. The Hall–Kier alpha value is -1.27. The second-order valence-corrected chi connectivity index (χ2v) is 5.19. The normalized spacial score (nSPS) is 18.9. The van der Waals surface area contributed by atoms with Gasteiger partial charge in [-0.15, -0.1) is 0 Å². The number of carboxylic acids is 1. The second-order valence-electron chi connectivity index (χ2n) is 5.19. The first-order chi connectivity index (χ1) is 8.66. The van der Waals surface area contributed by atoms with Gasteiger partial charge in [0.25, 0.3) is 0 Å². The molecule has 19 heavy (non-hydrogen) atoms. The third-order valence-corrected chi connectivity index (χ3v) is 3.60. The summed E-state index contributed by atoms with van der Waals surface area (Å²) in [7, 11) is 1.05. The highest BCUT2D eigenvalue weighted by molar-refractivity contribution is 5.85. The molecule has 1 amide bonds. The number of halogens is 3. The fourth-order valence-electron chi connectivity index (χ4n) is 2.48. The third kappa shape index (κ3) is 4.40. The summed E-state index contributed by atoms with van der Waals surface area (Å²) in [5.41, 5.74) is -1.19. The Morgan fingerprint density at radius 1 is 1.21 bits per heavy atom. The molecule has 1 fully saturated rings. The third-order valence-electron chi connectivity index (χ3n) is 3.60. The van der Waals surface area contributed by atoms with Crippen LogP contribution in [0.5, 0.6) is 0 Å². The number of alkyl halides is 3. The van der Waals surface area contributed by atoms with Gasteiger partial charge in [-0.3, -0.25) is 9.59 Å². The minimum atomic E-state index is -4.46. The molecular weight excluding hydrogens is 263 g/mol. The van der Waals surface area contributed by atoms with Crippen LogP contribution in [-0.2, 0) is 9.59 Å². The molecule has 0 unspecified atom stereocenters. The first kappa shape index (κ1) is 15.8. The number of carbonyl (C=O) groups is 2. The summed E-state index contributed by atoms with van der Waals surface area (Å²) in [6.45, 7) is -1.35. The molecular formula is C12H18F3NO3. The van der Waals surface area contributed by atoms with Crippen molar-refractivity contribution in [1.82, 2.24) is 4.90 Å². The second kappa shape index (κ2) is 5.79. The molecule has 0 aromatic rings. The van der Waals surface area contributed by atoms with Crippen molar-refractivity contribution in [3.05, 3.63) is 0 Å². The van der Waals surface area contributed by atoms with Gasteiger partial charge in [0.15, 0.2) is 0 Å². The quantitative estimate of drug-likeness (QED) is 0.861. The van der Waals surface area contributed by atoms with E-state index in [0.717, 1.165) is 13.5 Å². The Bertz CT molecular complexity index is 349. The minimum Gasteiger partial charge on any atom is -0.481 e. The molecule has 110 valence electrons. The Balaban J connectivity index is 2.69. The monoisotopic (exact) mass is 281 g/mol. The van der Waals surface area contributed by atoms with Crippen LogP contribution in [0.1, 0.15) is 38.5 Å². The van der Waals surface area contributed by atoms with Crippen LogP contribution in [0, 0.1) is 5.41 Å². The van der Waals surface area contributed by atoms with Crippen molar-refractivity contribution in [2.45, 2.75) is 44.7 Å². The standard InChI is InChI=1S/C12H18F3NO3/c1-16(8-12(13,14)15)9(17)7-11(10(18)19)5-3-2-4-6-11/h2-8H2,1H3,(H,18,19). The number of nitrogens with zero attached hydrogens (tertiary/aromatic N) is 1. The number of hydrogen-bond acceptors (Lipinski definition) is 2. The van der Waals surface area contributed by atoms with Gasteiger partial charge >= 0.3 is 12.1 Å². The lowest BCUT2D eigenvalue weighted by atomic mass is 9.71. The highest BCUT2D eigenvalue weighted by Crippen LogP contribution is 2.40. The molecule has 0 aromatic heterocycles. The topological polar surface area (TPSA) is 57.6 Å². The van der Waals surface area contributed by atoms with E-state index in [9.17, 15) is 27.9 Å². The van der Waals surface area contributed by atoms with E-state index >= 15 is 0 Å². The number of amides is 1. The average molecular weight is 281 g/mol. The van der Waals surface area contributed by atoms with Crippen molar-refractivity contribution in [3.8, 4) is 0 Å². The highest BCUT2D eigenvalue weighted by atomic mass is 19.4. The Morgan fingerprint density at radius 3 is 2.16 bits per heavy atom. The van der Waals surface area contributed by atoms with E-state index in [4.69, 9.17) is 0 Å². The van der Waals surface area contributed by atoms with Gasteiger partial charge in [0.05, 0.1) is 5.41 Å². The van der Waals surface area contributed by atoms with E-state index in [-0.39, 0.29) is 6.42 Å². The zero-order valence-electron chi connectivity index (χ0n) is 10.8. The molecule has 1 saturated carbocycles. The Labute approximate surface area is 109 Å². The lowest BCUT2D eigenvalue weighted by molar-refractivity contribution is -0.164. The van der Waals surface area contributed by atoms with Gasteiger partial charge in [0.1, 0.15) is 6.54 Å². The molecule has 0 aromatic carbocycles. The van der Waals surface area contributed by atoms with Crippen molar-refractivity contribution in [2.75, 3.05) is 13.6 Å². The van der Waals surface area contributed by atoms with Gasteiger partial charge in [-0.1, -0.05) is 19.3 Å². The Kier molecular flexibility index (Phi) is 4.81. The van der Waals surface area contributed by atoms with Crippen molar-refractivity contribution < 1.29 is 27.9 Å². The van der Waals surface area contributed by atoms with Gasteiger partial charge in [-0.05, 0) is 12.8 Å². The molecule has 1 aliphatic carbocycles.